The highest BCUT2D eigenvalue weighted by molar-refractivity contribution is 7.71. The number of carbonyl (C=O) groups excluding carboxylic acids is 1. The van der Waals surface area contributed by atoms with Crippen molar-refractivity contribution >= 4 is 35.2 Å². The molecule has 0 saturated carbocycles. The summed E-state index contributed by atoms with van der Waals surface area (Å²) in [7, 11) is -3.10. The average molecular weight is 527 g/mol. The summed E-state index contributed by atoms with van der Waals surface area (Å²) in [6, 6.07) is 4.56. The van der Waals surface area contributed by atoms with Crippen molar-refractivity contribution < 1.29 is 31.3 Å². The van der Waals surface area contributed by atoms with Crippen molar-refractivity contribution in [2.45, 2.75) is 32.7 Å². The Morgan fingerprint density at radius 2 is 1.78 bits per heavy atom. The summed E-state index contributed by atoms with van der Waals surface area (Å²) in [5, 5.41) is 3.47. The Morgan fingerprint density at radius 3 is 2.42 bits per heavy atom. The highest BCUT2D eigenvalue weighted by Gasteiger charge is 2.36. The number of fused-ring (bicyclic) bond motifs is 1. The number of halogens is 5. The maximum Gasteiger partial charge on any atom is 0.315 e. The maximum absolute atomic E-state index is 14.7. The zero-order valence-corrected chi connectivity index (χ0v) is 20.3. The number of aromatic nitrogens is 3. The van der Waals surface area contributed by atoms with Gasteiger partial charge >= 0.3 is 6.43 Å². The van der Waals surface area contributed by atoms with Crippen molar-refractivity contribution in [3.05, 3.63) is 53.2 Å². The minimum atomic E-state index is -3.12. The largest absolute Gasteiger partial charge is 0.363 e. The number of nitrogens with one attached hydrogen (secondary N) is 1. The molecule has 0 radical (unpaired) electrons. The second kappa shape index (κ2) is 10.1. The van der Waals surface area contributed by atoms with Crippen molar-refractivity contribution in [2.75, 3.05) is 30.7 Å². The van der Waals surface area contributed by atoms with Crippen LogP contribution in [0.4, 0.5) is 27.8 Å². The molecule has 1 aliphatic heterocycles. The molecule has 1 fully saturated rings. The molecule has 0 unspecified atom stereocenters. The molecule has 1 amide bonds. The highest BCUT2D eigenvalue weighted by atomic mass is 31.2. The van der Waals surface area contributed by atoms with E-state index in [2.05, 4.69) is 20.3 Å². The molecule has 1 saturated heterocycles. The molecule has 3 aromatic rings. The predicted molar refractivity (Wildman–Crippen MR) is 125 cm³/mol. The molecule has 2 aromatic heterocycles. The number of carbonyl (C=O) groups is 1. The van der Waals surface area contributed by atoms with Gasteiger partial charge in [0.15, 0.2) is 0 Å². The van der Waals surface area contributed by atoms with Gasteiger partial charge in [0, 0.05) is 36.4 Å². The van der Waals surface area contributed by atoms with Gasteiger partial charge in [-0.3, -0.25) is 9.78 Å². The van der Waals surface area contributed by atoms with Crippen LogP contribution in [-0.2, 0) is 9.36 Å². The van der Waals surface area contributed by atoms with Crippen LogP contribution >= 0.6 is 7.14 Å². The van der Waals surface area contributed by atoms with E-state index in [-0.39, 0.29) is 42.2 Å². The van der Waals surface area contributed by atoms with Gasteiger partial charge in [-0.15, -0.1) is 0 Å². The Hall–Kier alpha value is -3.14. The van der Waals surface area contributed by atoms with Crippen molar-refractivity contribution in [3.8, 4) is 0 Å². The van der Waals surface area contributed by atoms with E-state index in [9.17, 15) is 31.3 Å². The number of anilines is 1. The number of hydrogen-bond donors (Lipinski definition) is 1. The van der Waals surface area contributed by atoms with Gasteiger partial charge < -0.3 is 14.8 Å². The van der Waals surface area contributed by atoms with E-state index >= 15 is 0 Å². The molecule has 3 heterocycles. The topological polar surface area (TPSA) is 88.1 Å². The molecule has 0 aliphatic carbocycles. The van der Waals surface area contributed by atoms with Gasteiger partial charge in [0.1, 0.15) is 30.0 Å². The van der Waals surface area contributed by atoms with Gasteiger partial charge in [-0.2, -0.15) is 8.78 Å². The molecule has 1 atom stereocenters. The predicted octanol–water partition coefficient (Wildman–Crippen LogP) is 4.68. The number of aryl methyl sites for hydroxylation is 1. The zero-order valence-electron chi connectivity index (χ0n) is 19.4. The number of nitrogens with zero attached hydrogens (tertiary/aromatic N) is 4. The molecule has 13 heteroatoms. The third-order valence-electron chi connectivity index (χ3n) is 6.17. The van der Waals surface area contributed by atoms with E-state index in [1.165, 1.54) is 18.3 Å². The van der Waals surface area contributed by atoms with E-state index in [0.29, 0.717) is 16.7 Å². The standard InChI is InChI=1S/C23H23F5N5O2P/c1-12(14-4-3-5-15(19(14)24)20(25)26)30-22-16-10-18(29-11-17(16)31-13(2)32-22)36(35)8-6-33(7-9-36)23(34)21(27)28/h3-5,10-12,20-21H,6-9H2,1-2H3,(H,30,31,32)/t12-/m1/s1. The van der Waals surface area contributed by atoms with Crippen LogP contribution < -0.4 is 10.8 Å². The third-order valence-corrected chi connectivity index (χ3v) is 9.10. The molecular formula is C23H23F5N5O2P. The van der Waals surface area contributed by atoms with Crippen molar-refractivity contribution in [1.82, 2.24) is 19.9 Å². The normalized spacial score (nSPS) is 16.5. The Kier molecular flexibility index (Phi) is 7.26. The Balaban J connectivity index is 1.65. The number of amides is 1. The minimum Gasteiger partial charge on any atom is -0.363 e. The monoisotopic (exact) mass is 527 g/mol. The molecule has 1 N–H and O–H groups in total. The summed E-state index contributed by atoms with van der Waals surface area (Å²) < 4.78 is 80.1. The van der Waals surface area contributed by atoms with Crippen LogP contribution in [0.3, 0.4) is 0 Å². The van der Waals surface area contributed by atoms with Gasteiger partial charge in [0.05, 0.1) is 23.3 Å². The highest BCUT2D eigenvalue weighted by Crippen LogP contribution is 2.46. The van der Waals surface area contributed by atoms with Gasteiger partial charge in [0.25, 0.3) is 12.3 Å². The van der Waals surface area contributed by atoms with Crippen LogP contribution in [0.1, 0.15) is 36.3 Å². The number of benzene rings is 1. The minimum absolute atomic E-state index is 0.00147. The first-order valence-corrected chi connectivity index (χ1v) is 13.2. The van der Waals surface area contributed by atoms with Gasteiger partial charge in [-0.05, 0) is 19.9 Å². The molecule has 4 rings (SSSR count). The maximum atomic E-state index is 14.7. The second-order valence-electron chi connectivity index (χ2n) is 8.56. The van der Waals surface area contributed by atoms with Crippen LogP contribution in [0.5, 0.6) is 0 Å². The molecule has 0 spiro atoms. The van der Waals surface area contributed by atoms with E-state index in [4.69, 9.17) is 0 Å². The number of hydrogen-bond acceptors (Lipinski definition) is 6. The lowest BCUT2D eigenvalue weighted by Crippen LogP contribution is -2.44. The average Bonchev–Trinajstić information content (AvgIpc) is 2.83. The molecular weight excluding hydrogens is 504 g/mol. The summed E-state index contributed by atoms with van der Waals surface area (Å²) in [5.74, 6) is -1.66. The SMILES string of the molecule is Cc1nc(N[C@H](C)c2cccc(C(F)F)c2F)c2cc(P3(=O)CCN(C(=O)C(F)F)CC3)ncc2n1. The van der Waals surface area contributed by atoms with Crippen LogP contribution in [0.25, 0.3) is 10.9 Å². The van der Waals surface area contributed by atoms with Crippen LogP contribution in [0.15, 0.2) is 30.5 Å². The fourth-order valence-corrected chi connectivity index (χ4v) is 6.64. The summed E-state index contributed by atoms with van der Waals surface area (Å²) >= 11 is 0. The van der Waals surface area contributed by atoms with E-state index < -0.39 is 43.3 Å². The lowest BCUT2D eigenvalue weighted by Gasteiger charge is -2.31. The second-order valence-corrected chi connectivity index (χ2v) is 11.7. The molecule has 192 valence electrons. The van der Waals surface area contributed by atoms with Gasteiger partial charge in [0.2, 0.25) is 0 Å². The smallest absolute Gasteiger partial charge is 0.315 e. The molecule has 0 bridgehead atoms. The molecule has 1 aromatic carbocycles. The fourth-order valence-electron chi connectivity index (χ4n) is 4.20. The third kappa shape index (κ3) is 5.04. The number of rotatable bonds is 6. The van der Waals surface area contributed by atoms with Crippen molar-refractivity contribution in [3.63, 3.8) is 0 Å². The Bertz CT molecular complexity index is 1340. The lowest BCUT2D eigenvalue weighted by atomic mass is 10.0. The first-order valence-electron chi connectivity index (χ1n) is 11.1. The Labute approximate surface area is 203 Å². The Morgan fingerprint density at radius 1 is 1.11 bits per heavy atom. The van der Waals surface area contributed by atoms with Crippen molar-refractivity contribution in [2.24, 2.45) is 0 Å². The molecule has 1 aliphatic rings. The lowest BCUT2D eigenvalue weighted by molar-refractivity contribution is -0.142. The molecule has 7 nitrogen and oxygen atoms in total. The summed E-state index contributed by atoms with van der Waals surface area (Å²) in [6.07, 6.45) is -4.66. The van der Waals surface area contributed by atoms with Crippen LogP contribution in [0.2, 0.25) is 0 Å². The number of alkyl halides is 4. The van der Waals surface area contributed by atoms with Gasteiger partial charge in [-0.25, -0.2) is 23.1 Å². The quantitative estimate of drug-likeness (QED) is 0.370. The number of pyridine rings is 1. The van der Waals surface area contributed by atoms with E-state index in [1.807, 2.05) is 0 Å². The summed E-state index contributed by atoms with van der Waals surface area (Å²) in [4.78, 5) is 25.6. The summed E-state index contributed by atoms with van der Waals surface area (Å²) in [5.41, 5.74) is -0.0180. The van der Waals surface area contributed by atoms with Gasteiger partial charge in [-0.1, -0.05) is 18.2 Å². The fraction of sp³-hybridized carbons (Fsp3) is 0.391. The van der Waals surface area contributed by atoms with Crippen molar-refractivity contribution in [1.29, 1.82) is 0 Å². The first kappa shape index (κ1) is 25.9. The first-order chi connectivity index (χ1) is 17.0. The molecule has 36 heavy (non-hydrogen) atoms. The van der Waals surface area contributed by atoms with E-state index in [0.717, 1.165) is 11.0 Å². The summed E-state index contributed by atoms with van der Waals surface area (Å²) in [6.45, 7) is 3.08. The zero-order chi connectivity index (χ0) is 26.2. The van der Waals surface area contributed by atoms with E-state index in [1.54, 1.807) is 19.9 Å². The van der Waals surface area contributed by atoms with Crippen LogP contribution in [0, 0.1) is 12.7 Å². The van der Waals surface area contributed by atoms with Crippen LogP contribution in [-0.4, -0.2) is 57.6 Å².